The molecule has 0 aromatic heterocycles. The van der Waals surface area contributed by atoms with Crippen LogP contribution in [-0.4, -0.2) is 42.2 Å². The number of aromatic carboxylic acids is 1. The molecule has 5 nitrogen and oxygen atoms in total. The molecule has 2 aliphatic rings. The maximum atomic E-state index is 12.2. The number of fused-ring (bicyclic) bond motifs is 2. The summed E-state index contributed by atoms with van der Waals surface area (Å²) in [7, 11) is 0. The molecule has 2 aromatic carbocycles. The topological polar surface area (TPSA) is 53.0 Å². The molecule has 35 heavy (non-hydrogen) atoms. The van der Waals surface area contributed by atoms with Gasteiger partial charge < -0.3 is 19.6 Å². The summed E-state index contributed by atoms with van der Waals surface area (Å²) in [6.07, 6.45) is 9.11. The highest BCUT2D eigenvalue weighted by Gasteiger charge is 2.28. The van der Waals surface area contributed by atoms with E-state index in [1.165, 1.54) is 5.70 Å². The molecule has 182 valence electrons. The van der Waals surface area contributed by atoms with Crippen LogP contribution >= 0.6 is 0 Å². The molecule has 0 spiro atoms. The molecular formula is C30H34N2O3. The van der Waals surface area contributed by atoms with E-state index in [9.17, 15) is 9.90 Å². The molecule has 2 aromatic rings. The van der Waals surface area contributed by atoms with Crippen LogP contribution in [0.4, 0.5) is 5.69 Å². The van der Waals surface area contributed by atoms with E-state index in [2.05, 4.69) is 73.9 Å². The minimum atomic E-state index is -0.939. The van der Waals surface area contributed by atoms with Gasteiger partial charge in [0.2, 0.25) is 0 Å². The van der Waals surface area contributed by atoms with Crippen LogP contribution in [0.3, 0.4) is 0 Å². The Bertz CT molecular complexity index is 1230. The molecule has 0 radical (unpaired) electrons. The Hall–Kier alpha value is -3.73. The maximum Gasteiger partial charge on any atom is 0.336 e. The third-order valence-electron chi connectivity index (χ3n) is 6.76. The fourth-order valence-corrected chi connectivity index (χ4v) is 4.91. The number of allylic oxidation sites excluding steroid dienone is 4. The Balaban J connectivity index is 1.95. The van der Waals surface area contributed by atoms with Gasteiger partial charge in [0.05, 0.1) is 5.56 Å². The van der Waals surface area contributed by atoms with Gasteiger partial charge in [0.25, 0.3) is 0 Å². The summed E-state index contributed by atoms with van der Waals surface area (Å²) in [4.78, 5) is 16.8. The van der Waals surface area contributed by atoms with Gasteiger partial charge in [0, 0.05) is 66.8 Å². The first kappa shape index (κ1) is 24.4. The van der Waals surface area contributed by atoms with Crippen molar-refractivity contribution in [1.82, 2.24) is 4.90 Å². The second-order valence-electron chi connectivity index (χ2n) is 8.56. The number of anilines is 1. The number of hydrogen-bond acceptors (Lipinski definition) is 4. The molecule has 1 N–H and O–H groups in total. The molecular weight excluding hydrogens is 436 g/mol. The number of ether oxygens (including phenoxy) is 1. The molecule has 0 unspecified atom stereocenters. The first-order chi connectivity index (χ1) is 17.0. The monoisotopic (exact) mass is 470 g/mol. The van der Waals surface area contributed by atoms with Gasteiger partial charge in [-0.1, -0.05) is 30.4 Å². The average molecular weight is 471 g/mol. The lowest BCUT2D eigenvalue weighted by Gasteiger charge is -2.30. The summed E-state index contributed by atoms with van der Waals surface area (Å²) in [5.41, 5.74) is 5.99. The van der Waals surface area contributed by atoms with E-state index in [0.29, 0.717) is 5.56 Å². The fourth-order valence-electron chi connectivity index (χ4n) is 4.91. The number of benzene rings is 2. The van der Waals surface area contributed by atoms with Crippen LogP contribution in [-0.2, 0) is 0 Å². The highest BCUT2D eigenvalue weighted by atomic mass is 16.5. The van der Waals surface area contributed by atoms with E-state index in [4.69, 9.17) is 4.74 Å². The second kappa shape index (κ2) is 10.7. The van der Waals surface area contributed by atoms with Crippen LogP contribution in [0.25, 0.3) is 5.57 Å². The molecule has 1 aliphatic carbocycles. The zero-order valence-electron chi connectivity index (χ0n) is 21.0. The molecule has 0 saturated carbocycles. The molecule has 1 heterocycles. The first-order valence-corrected chi connectivity index (χ1v) is 12.5. The van der Waals surface area contributed by atoms with Gasteiger partial charge in [0.1, 0.15) is 11.5 Å². The van der Waals surface area contributed by atoms with Gasteiger partial charge >= 0.3 is 5.97 Å². The predicted octanol–water partition coefficient (Wildman–Crippen LogP) is 6.49. The summed E-state index contributed by atoms with van der Waals surface area (Å²) < 4.78 is 6.53. The first-order valence-electron chi connectivity index (χ1n) is 12.5. The smallest absolute Gasteiger partial charge is 0.336 e. The van der Waals surface area contributed by atoms with Gasteiger partial charge in [-0.05, 0) is 63.6 Å². The third kappa shape index (κ3) is 4.76. The van der Waals surface area contributed by atoms with E-state index < -0.39 is 5.97 Å². The van der Waals surface area contributed by atoms with E-state index in [1.54, 1.807) is 12.1 Å². The van der Waals surface area contributed by atoms with Crippen molar-refractivity contribution in [2.45, 2.75) is 34.1 Å². The summed E-state index contributed by atoms with van der Waals surface area (Å²) >= 11 is 0. The van der Waals surface area contributed by atoms with Gasteiger partial charge in [-0.2, -0.15) is 0 Å². The quantitative estimate of drug-likeness (QED) is 0.478. The summed E-state index contributed by atoms with van der Waals surface area (Å²) in [5, 5.41) is 9.96. The zero-order valence-corrected chi connectivity index (χ0v) is 21.0. The number of nitrogens with zero attached hydrogens (tertiary/aromatic N) is 2. The Kier molecular flexibility index (Phi) is 7.45. The SMILES string of the molecule is CCN(CC)C1=CC=CC2=C(c3ccccc3C(=O)O)c3ccc(N(CC)CC)cc3OC2=CC1. The van der Waals surface area contributed by atoms with Gasteiger partial charge in [0.15, 0.2) is 0 Å². The molecule has 5 heteroatoms. The Morgan fingerprint density at radius 2 is 1.66 bits per heavy atom. The van der Waals surface area contributed by atoms with Gasteiger partial charge in [-0.15, -0.1) is 0 Å². The van der Waals surface area contributed by atoms with Gasteiger partial charge in [-0.3, -0.25) is 0 Å². The largest absolute Gasteiger partial charge is 0.478 e. The van der Waals surface area contributed by atoms with Crippen molar-refractivity contribution >= 4 is 17.2 Å². The minimum absolute atomic E-state index is 0.282. The molecule has 0 amide bonds. The van der Waals surface area contributed by atoms with Gasteiger partial charge in [-0.25, -0.2) is 4.79 Å². The molecule has 0 saturated heterocycles. The Labute approximate surface area is 208 Å². The van der Waals surface area contributed by atoms with Crippen molar-refractivity contribution in [2.24, 2.45) is 0 Å². The molecule has 1 aliphatic heterocycles. The van der Waals surface area contributed by atoms with Crippen LogP contribution in [0.2, 0.25) is 0 Å². The summed E-state index contributed by atoms with van der Waals surface area (Å²) in [5.74, 6) is 0.575. The molecule has 4 rings (SSSR count). The average Bonchev–Trinajstić information content (AvgIpc) is 2.86. The van der Waals surface area contributed by atoms with E-state index in [1.807, 2.05) is 18.2 Å². The highest BCUT2D eigenvalue weighted by molar-refractivity contribution is 6.00. The van der Waals surface area contributed by atoms with Crippen molar-refractivity contribution in [3.05, 3.63) is 100 Å². The molecule has 0 bridgehead atoms. The number of carboxylic acid groups (broad SMARTS) is 1. The third-order valence-corrected chi connectivity index (χ3v) is 6.76. The normalized spacial score (nSPS) is 14.6. The van der Waals surface area contributed by atoms with Crippen molar-refractivity contribution < 1.29 is 14.6 Å². The number of carboxylic acids is 1. The predicted molar refractivity (Wildman–Crippen MR) is 143 cm³/mol. The van der Waals surface area contributed by atoms with E-state index in [-0.39, 0.29) is 5.56 Å². The molecule has 0 atom stereocenters. The van der Waals surface area contributed by atoms with Crippen LogP contribution < -0.4 is 9.64 Å². The summed E-state index contributed by atoms with van der Waals surface area (Å²) in [6, 6.07) is 13.4. The van der Waals surface area contributed by atoms with Crippen LogP contribution in [0.1, 0.15) is 55.6 Å². The number of hydrogen-bond donors (Lipinski definition) is 1. The van der Waals surface area contributed by atoms with Crippen LogP contribution in [0, 0.1) is 0 Å². The van der Waals surface area contributed by atoms with Crippen molar-refractivity contribution in [2.75, 3.05) is 31.1 Å². The van der Waals surface area contributed by atoms with Crippen molar-refractivity contribution in [3.8, 4) is 5.75 Å². The zero-order chi connectivity index (χ0) is 24.9. The Morgan fingerprint density at radius 3 is 2.34 bits per heavy atom. The van der Waals surface area contributed by atoms with Crippen molar-refractivity contribution in [1.29, 1.82) is 0 Å². The lowest BCUT2D eigenvalue weighted by atomic mass is 9.86. The second-order valence-corrected chi connectivity index (χ2v) is 8.56. The Morgan fingerprint density at radius 1 is 0.943 bits per heavy atom. The maximum absolute atomic E-state index is 12.2. The van der Waals surface area contributed by atoms with Crippen LogP contribution in [0.5, 0.6) is 5.75 Å². The fraction of sp³-hybridized carbons (Fsp3) is 0.300. The number of carbonyl (C=O) groups is 1. The lowest BCUT2D eigenvalue weighted by Crippen LogP contribution is -2.23. The minimum Gasteiger partial charge on any atom is -0.478 e. The standard InChI is InChI=1S/C30H34N2O3/c1-5-31(6-2)21-12-11-15-25-27(19-17-21)35-28-20-22(32(7-3)8-4)16-18-26(28)29(25)23-13-9-10-14-24(23)30(33)34/h9-16,18-20H,5-8,17H2,1-4H3,(H,33,34). The van der Waals surface area contributed by atoms with Crippen LogP contribution in [0.15, 0.2) is 83.8 Å². The number of rotatable bonds is 8. The van der Waals surface area contributed by atoms with Crippen molar-refractivity contribution in [3.63, 3.8) is 0 Å². The van der Waals surface area contributed by atoms with E-state index >= 15 is 0 Å². The molecule has 0 fully saturated rings. The highest BCUT2D eigenvalue weighted by Crippen LogP contribution is 2.44. The lowest BCUT2D eigenvalue weighted by molar-refractivity contribution is 0.0696. The van der Waals surface area contributed by atoms with E-state index in [0.717, 1.165) is 66.5 Å². The summed E-state index contributed by atoms with van der Waals surface area (Å²) in [6.45, 7) is 12.3.